The topological polar surface area (TPSA) is 43.4 Å². The minimum Gasteiger partial charge on any atom is -0.454 e. The van der Waals surface area contributed by atoms with E-state index in [2.05, 4.69) is 0 Å². The largest absolute Gasteiger partial charge is 0.454 e. The number of hydrogen-bond acceptors (Lipinski definition) is 3. The van der Waals surface area contributed by atoms with E-state index in [1.54, 1.807) is 19.1 Å². The second-order valence-electron chi connectivity index (χ2n) is 5.81. The molecule has 0 aliphatic heterocycles. The van der Waals surface area contributed by atoms with E-state index < -0.39 is 24.3 Å². The van der Waals surface area contributed by atoms with Crippen LogP contribution in [0.4, 0.5) is 13.2 Å². The molecule has 6 heteroatoms. The van der Waals surface area contributed by atoms with Gasteiger partial charge in [-0.05, 0) is 49.2 Å². The van der Waals surface area contributed by atoms with Crippen molar-refractivity contribution >= 4 is 17.8 Å². The van der Waals surface area contributed by atoms with Gasteiger partial charge in [-0.3, -0.25) is 4.79 Å². The Balaban J connectivity index is 1.97. The van der Waals surface area contributed by atoms with Crippen LogP contribution in [0.1, 0.15) is 32.6 Å². The molecule has 0 atom stereocenters. The molecular formula is C20H17F3O3. The molecule has 0 amide bonds. The second-order valence-corrected chi connectivity index (χ2v) is 5.81. The summed E-state index contributed by atoms with van der Waals surface area (Å²) in [6.07, 6.45) is -2.26. The lowest BCUT2D eigenvalue weighted by Crippen LogP contribution is -2.13. The Kier molecular flexibility index (Phi) is 5.97. The second kappa shape index (κ2) is 7.99. The summed E-state index contributed by atoms with van der Waals surface area (Å²) in [6, 6.07) is 9.93. The number of esters is 1. The van der Waals surface area contributed by atoms with Crippen molar-refractivity contribution in [1.82, 2.24) is 0 Å². The van der Waals surface area contributed by atoms with Crippen molar-refractivity contribution in [1.29, 1.82) is 0 Å². The van der Waals surface area contributed by atoms with Crippen molar-refractivity contribution in [3.63, 3.8) is 0 Å². The number of benzene rings is 2. The monoisotopic (exact) mass is 362 g/mol. The van der Waals surface area contributed by atoms with E-state index in [-0.39, 0.29) is 11.3 Å². The minimum absolute atomic E-state index is 0.206. The number of ether oxygens (including phenoxy) is 1. The summed E-state index contributed by atoms with van der Waals surface area (Å²) in [5.41, 5.74) is 1.56. The summed E-state index contributed by atoms with van der Waals surface area (Å²) in [5, 5.41) is 0. The predicted octanol–water partition coefficient (Wildman–Crippen LogP) is 4.76. The van der Waals surface area contributed by atoms with Crippen molar-refractivity contribution in [2.75, 3.05) is 6.61 Å². The van der Waals surface area contributed by atoms with Crippen LogP contribution >= 0.6 is 0 Å². The van der Waals surface area contributed by atoms with Gasteiger partial charge >= 0.3 is 12.1 Å². The lowest BCUT2D eigenvalue weighted by atomic mass is 10.0. The summed E-state index contributed by atoms with van der Waals surface area (Å²) in [4.78, 5) is 23.8. The van der Waals surface area contributed by atoms with Gasteiger partial charge in [0.05, 0.1) is 5.56 Å². The molecule has 26 heavy (non-hydrogen) atoms. The van der Waals surface area contributed by atoms with Gasteiger partial charge in [-0.2, -0.15) is 13.2 Å². The van der Waals surface area contributed by atoms with Gasteiger partial charge in [-0.15, -0.1) is 0 Å². The van der Waals surface area contributed by atoms with Crippen molar-refractivity contribution < 1.29 is 27.5 Å². The van der Waals surface area contributed by atoms with Crippen LogP contribution in [0.5, 0.6) is 0 Å². The molecule has 0 heterocycles. The fourth-order valence-corrected chi connectivity index (χ4v) is 2.28. The number of carbonyl (C=O) groups excluding carboxylic acids is 2. The van der Waals surface area contributed by atoms with Crippen LogP contribution in [0.3, 0.4) is 0 Å². The summed E-state index contributed by atoms with van der Waals surface area (Å²) in [5.74, 6) is -1.15. The van der Waals surface area contributed by atoms with Crippen LogP contribution in [0, 0.1) is 13.8 Å². The first-order chi connectivity index (χ1) is 12.2. The molecule has 0 bridgehead atoms. The van der Waals surface area contributed by atoms with E-state index in [1.165, 1.54) is 18.2 Å². The maximum Gasteiger partial charge on any atom is 0.416 e. The molecule has 0 aliphatic carbocycles. The zero-order valence-electron chi connectivity index (χ0n) is 14.3. The molecule has 0 spiro atoms. The normalized spacial score (nSPS) is 11.6. The van der Waals surface area contributed by atoms with Gasteiger partial charge in [-0.1, -0.05) is 29.8 Å². The number of hydrogen-bond donors (Lipinski definition) is 0. The average molecular weight is 362 g/mol. The smallest absolute Gasteiger partial charge is 0.416 e. The Morgan fingerprint density at radius 3 is 2.50 bits per heavy atom. The first-order valence-corrected chi connectivity index (χ1v) is 7.79. The molecule has 2 aromatic rings. The van der Waals surface area contributed by atoms with Crippen LogP contribution in [0.2, 0.25) is 0 Å². The summed E-state index contributed by atoms with van der Waals surface area (Å²) in [6.45, 7) is 3.19. The van der Waals surface area contributed by atoms with Crippen molar-refractivity contribution in [2.24, 2.45) is 0 Å². The van der Waals surface area contributed by atoms with Crippen LogP contribution in [0.15, 0.2) is 48.5 Å². The standard InChI is InChI=1S/C20H17F3O3/c1-13-6-7-14(2)17(10-13)18(24)12-26-19(25)9-8-15-4-3-5-16(11-15)20(21,22)23/h3-11H,12H2,1-2H3/b9-8+. The van der Waals surface area contributed by atoms with E-state index in [9.17, 15) is 22.8 Å². The van der Waals surface area contributed by atoms with E-state index in [1.807, 2.05) is 13.0 Å². The third-order valence-corrected chi connectivity index (χ3v) is 3.66. The molecule has 0 aliphatic rings. The lowest BCUT2D eigenvalue weighted by molar-refractivity contribution is -0.138. The maximum atomic E-state index is 12.6. The number of ketones is 1. The molecular weight excluding hydrogens is 345 g/mol. The third-order valence-electron chi connectivity index (χ3n) is 3.66. The van der Waals surface area contributed by atoms with Crippen LogP contribution in [-0.2, 0) is 15.7 Å². The van der Waals surface area contributed by atoms with Gasteiger partial charge < -0.3 is 4.74 Å². The molecule has 0 aromatic heterocycles. The quantitative estimate of drug-likeness (QED) is 0.437. The predicted molar refractivity (Wildman–Crippen MR) is 91.7 cm³/mol. The highest BCUT2D eigenvalue weighted by molar-refractivity contribution is 6.00. The van der Waals surface area contributed by atoms with E-state index in [4.69, 9.17) is 4.74 Å². The molecule has 0 saturated heterocycles. The molecule has 0 fully saturated rings. The summed E-state index contributed by atoms with van der Waals surface area (Å²) < 4.78 is 42.8. The maximum absolute atomic E-state index is 12.6. The van der Waals surface area contributed by atoms with Crippen molar-refractivity contribution in [3.05, 3.63) is 76.4 Å². The number of alkyl halides is 3. The Hall–Kier alpha value is -2.89. The first kappa shape index (κ1) is 19.4. The Morgan fingerprint density at radius 1 is 1.08 bits per heavy atom. The van der Waals surface area contributed by atoms with Gasteiger partial charge in [-0.25, -0.2) is 4.79 Å². The highest BCUT2D eigenvalue weighted by Crippen LogP contribution is 2.29. The fourth-order valence-electron chi connectivity index (χ4n) is 2.28. The number of Topliss-reactive ketones (excluding diaryl/α,β-unsaturated/α-hetero) is 1. The fraction of sp³-hybridized carbons (Fsp3) is 0.200. The molecule has 0 radical (unpaired) electrons. The number of carbonyl (C=O) groups is 2. The van der Waals surface area contributed by atoms with Crippen LogP contribution in [0.25, 0.3) is 6.08 Å². The number of aryl methyl sites for hydroxylation is 2. The highest BCUT2D eigenvalue weighted by Gasteiger charge is 2.30. The Bertz CT molecular complexity index is 852. The van der Waals surface area contributed by atoms with Crippen molar-refractivity contribution in [3.8, 4) is 0 Å². The van der Waals surface area contributed by atoms with Gasteiger partial charge in [0.2, 0.25) is 5.78 Å². The van der Waals surface area contributed by atoms with Gasteiger partial charge in [0.15, 0.2) is 6.61 Å². The summed E-state index contributed by atoms with van der Waals surface area (Å²) >= 11 is 0. The molecule has 0 unspecified atom stereocenters. The minimum atomic E-state index is -4.46. The number of rotatable bonds is 5. The van der Waals surface area contributed by atoms with E-state index in [0.29, 0.717) is 5.56 Å². The molecule has 0 saturated carbocycles. The SMILES string of the molecule is Cc1ccc(C)c(C(=O)COC(=O)/C=C/c2cccc(C(F)(F)F)c2)c1. The molecule has 2 aromatic carbocycles. The average Bonchev–Trinajstić information content (AvgIpc) is 2.59. The molecule has 136 valence electrons. The van der Waals surface area contributed by atoms with E-state index >= 15 is 0 Å². The Morgan fingerprint density at radius 2 is 1.81 bits per heavy atom. The number of halogens is 3. The molecule has 3 nitrogen and oxygen atoms in total. The van der Waals surface area contributed by atoms with Gasteiger partial charge in [0.1, 0.15) is 0 Å². The van der Waals surface area contributed by atoms with E-state index in [0.717, 1.165) is 29.3 Å². The molecule has 0 N–H and O–H groups in total. The van der Waals surface area contributed by atoms with Gasteiger partial charge in [0, 0.05) is 11.6 Å². The third kappa shape index (κ3) is 5.31. The summed E-state index contributed by atoms with van der Waals surface area (Å²) in [7, 11) is 0. The highest BCUT2D eigenvalue weighted by atomic mass is 19.4. The zero-order chi connectivity index (χ0) is 19.3. The van der Waals surface area contributed by atoms with Gasteiger partial charge in [0.25, 0.3) is 0 Å². The Labute approximate surface area is 149 Å². The first-order valence-electron chi connectivity index (χ1n) is 7.79. The zero-order valence-corrected chi connectivity index (χ0v) is 14.3. The molecule has 2 rings (SSSR count). The lowest BCUT2D eigenvalue weighted by Gasteiger charge is -2.07. The van der Waals surface area contributed by atoms with Crippen LogP contribution < -0.4 is 0 Å². The van der Waals surface area contributed by atoms with Crippen LogP contribution in [-0.4, -0.2) is 18.4 Å². The van der Waals surface area contributed by atoms with Crippen molar-refractivity contribution in [2.45, 2.75) is 20.0 Å².